The third kappa shape index (κ3) is 3.23. The summed E-state index contributed by atoms with van der Waals surface area (Å²) in [6, 6.07) is 2.01. The highest BCUT2D eigenvalue weighted by Crippen LogP contribution is 2.26. The molecule has 19 heavy (non-hydrogen) atoms. The molecule has 0 bridgehead atoms. The Labute approximate surface area is 116 Å². The second-order valence-electron chi connectivity index (χ2n) is 4.74. The number of nitrogens with one attached hydrogen (secondary N) is 1. The maximum atomic E-state index is 12.1. The Morgan fingerprint density at radius 1 is 1.37 bits per heavy atom. The van der Waals surface area contributed by atoms with Crippen LogP contribution in [0.1, 0.15) is 23.3 Å². The van der Waals surface area contributed by atoms with Crippen molar-refractivity contribution < 1.29 is 14.7 Å². The summed E-state index contributed by atoms with van der Waals surface area (Å²) in [6.45, 7) is 2.48. The molecule has 2 N–H and O–H groups in total. The van der Waals surface area contributed by atoms with Crippen LogP contribution < -0.4 is 5.32 Å². The maximum absolute atomic E-state index is 12.1. The van der Waals surface area contributed by atoms with Crippen LogP contribution in [0.4, 0.5) is 0 Å². The van der Waals surface area contributed by atoms with Crippen molar-refractivity contribution in [1.29, 1.82) is 0 Å². The van der Waals surface area contributed by atoms with Gasteiger partial charge in [-0.15, -0.1) is 11.3 Å². The SMILES string of the molecule is Cc1ccsc1CNC(=O)[C@H]1CC=CC[C@H]1C(=O)O. The molecule has 0 aromatic carbocycles. The zero-order valence-electron chi connectivity index (χ0n) is 10.8. The first-order valence-corrected chi connectivity index (χ1v) is 7.16. The molecule has 2 atom stereocenters. The summed E-state index contributed by atoms with van der Waals surface area (Å²) in [7, 11) is 0. The number of carboxylic acids is 1. The second kappa shape index (κ2) is 6.02. The molecule has 0 unspecified atom stereocenters. The Morgan fingerprint density at radius 3 is 2.63 bits per heavy atom. The van der Waals surface area contributed by atoms with Crippen molar-refractivity contribution in [1.82, 2.24) is 5.32 Å². The van der Waals surface area contributed by atoms with Crippen molar-refractivity contribution in [2.24, 2.45) is 11.8 Å². The first-order chi connectivity index (χ1) is 9.09. The average molecular weight is 279 g/mol. The number of carbonyl (C=O) groups excluding carboxylic acids is 1. The van der Waals surface area contributed by atoms with E-state index >= 15 is 0 Å². The van der Waals surface area contributed by atoms with Crippen molar-refractivity contribution in [3.05, 3.63) is 34.0 Å². The first kappa shape index (κ1) is 13.8. The van der Waals surface area contributed by atoms with Gasteiger partial charge in [0.1, 0.15) is 0 Å². The molecule has 0 spiro atoms. The highest BCUT2D eigenvalue weighted by atomic mass is 32.1. The minimum Gasteiger partial charge on any atom is -0.481 e. The zero-order valence-corrected chi connectivity index (χ0v) is 11.6. The number of carbonyl (C=O) groups is 2. The highest BCUT2D eigenvalue weighted by Gasteiger charge is 2.33. The van der Waals surface area contributed by atoms with E-state index in [9.17, 15) is 9.59 Å². The topological polar surface area (TPSA) is 66.4 Å². The number of carboxylic acid groups (broad SMARTS) is 1. The van der Waals surface area contributed by atoms with Gasteiger partial charge in [0, 0.05) is 4.88 Å². The van der Waals surface area contributed by atoms with Gasteiger partial charge in [-0.1, -0.05) is 12.2 Å². The summed E-state index contributed by atoms with van der Waals surface area (Å²) in [4.78, 5) is 24.4. The van der Waals surface area contributed by atoms with Gasteiger partial charge in [-0.3, -0.25) is 9.59 Å². The fourth-order valence-electron chi connectivity index (χ4n) is 2.26. The summed E-state index contributed by atoms with van der Waals surface area (Å²) in [5.41, 5.74) is 1.16. The number of allylic oxidation sites excluding steroid dienone is 2. The van der Waals surface area contributed by atoms with E-state index in [4.69, 9.17) is 5.11 Å². The molecule has 0 radical (unpaired) electrons. The largest absolute Gasteiger partial charge is 0.481 e. The van der Waals surface area contributed by atoms with E-state index in [1.165, 1.54) is 0 Å². The normalized spacial score (nSPS) is 22.2. The molecule has 0 aliphatic heterocycles. The van der Waals surface area contributed by atoms with Gasteiger partial charge in [0.05, 0.1) is 18.4 Å². The standard InChI is InChI=1S/C14H17NO3S/c1-9-6-7-19-12(9)8-15-13(16)10-4-2-3-5-11(10)14(17)18/h2-3,6-7,10-11H,4-5,8H2,1H3,(H,15,16)(H,17,18)/t10-,11+/m0/s1. The number of rotatable bonds is 4. The number of hydrogen-bond donors (Lipinski definition) is 2. The molecule has 1 heterocycles. The second-order valence-corrected chi connectivity index (χ2v) is 5.74. The van der Waals surface area contributed by atoms with Crippen molar-refractivity contribution in [3.63, 3.8) is 0 Å². The predicted molar refractivity (Wildman–Crippen MR) is 73.9 cm³/mol. The van der Waals surface area contributed by atoms with E-state index in [1.807, 2.05) is 30.5 Å². The van der Waals surface area contributed by atoms with Crippen molar-refractivity contribution in [2.45, 2.75) is 26.3 Å². The number of aliphatic carboxylic acids is 1. The Morgan fingerprint density at radius 2 is 2.05 bits per heavy atom. The Hall–Kier alpha value is -1.62. The van der Waals surface area contributed by atoms with Crippen LogP contribution in [0.3, 0.4) is 0 Å². The fraction of sp³-hybridized carbons (Fsp3) is 0.429. The number of thiophene rings is 1. The minimum atomic E-state index is -0.892. The molecule has 2 rings (SSSR count). The van der Waals surface area contributed by atoms with Crippen molar-refractivity contribution >= 4 is 23.2 Å². The fourth-order valence-corrected chi connectivity index (χ4v) is 3.11. The lowest BCUT2D eigenvalue weighted by Crippen LogP contribution is -2.38. The zero-order chi connectivity index (χ0) is 13.8. The predicted octanol–water partition coefficient (Wildman–Crippen LogP) is 2.34. The lowest BCUT2D eigenvalue weighted by atomic mass is 9.82. The quantitative estimate of drug-likeness (QED) is 0.831. The molecule has 4 nitrogen and oxygen atoms in total. The molecule has 1 aliphatic carbocycles. The molecule has 0 saturated heterocycles. The monoisotopic (exact) mass is 279 g/mol. The Bertz CT molecular complexity index is 507. The molecule has 1 aliphatic rings. The van der Waals surface area contributed by atoms with Gasteiger partial charge in [-0.05, 0) is 36.8 Å². The van der Waals surface area contributed by atoms with Gasteiger partial charge in [-0.25, -0.2) is 0 Å². The van der Waals surface area contributed by atoms with Gasteiger partial charge >= 0.3 is 5.97 Å². The van der Waals surface area contributed by atoms with Crippen molar-refractivity contribution in [2.75, 3.05) is 0 Å². The molecule has 1 aromatic rings. The van der Waals surface area contributed by atoms with E-state index < -0.39 is 17.8 Å². The van der Waals surface area contributed by atoms with Crippen LogP contribution in [0.2, 0.25) is 0 Å². The van der Waals surface area contributed by atoms with Gasteiger partial charge in [-0.2, -0.15) is 0 Å². The van der Waals surface area contributed by atoms with Gasteiger partial charge in [0.2, 0.25) is 5.91 Å². The van der Waals surface area contributed by atoms with Crippen LogP contribution >= 0.6 is 11.3 Å². The summed E-state index contributed by atoms with van der Waals surface area (Å²) in [5, 5.41) is 14.0. The lowest BCUT2D eigenvalue weighted by molar-refractivity contribution is -0.147. The van der Waals surface area contributed by atoms with Crippen LogP contribution in [0.25, 0.3) is 0 Å². The third-order valence-corrected chi connectivity index (χ3v) is 4.50. The summed E-state index contributed by atoms with van der Waals surface area (Å²) < 4.78 is 0. The van der Waals surface area contributed by atoms with Crippen LogP contribution in [0, 0.1) is 18.8 Å². The Balaban J connectivity index is 1.97. The smallest absolute Gasteiger partial charge is 0.307 e. The van der Waals surface area contributed by atoms with Gasteiger partial charge in [0.15, 0.2) is 0 Å². The molecule has 1 amide bonds. The molecular weight excluding hydrogens is 262 g/mol. The molecule has 0 fully saturated rings. The average Bonchev–Trinajstić information content (AvgIpc) is 2.81. The third-order valence-electron chi connectivity index (χ3n) is 3.48. The number of amides is 1. The highest BCUT2D eigenvalue weighted by molar-refractivity contribution is 7.10. The molecule has 102 valence electrons. The van der Waals surface area contributed by atoms with Crippen LogP contribution in [-0.4, -0.2) is 17.0 Å². The van der Waals surface area contributed by atoms with Crippen LogP contribution in [0.15, 0.2) is 23.6 Å². The summed E-state index contributed by atoms with van der Waals surface area (Å²) in [6.07, 6.45) is 4.67. The molecule has 5 heteroatoms. The minimum absolute atomic E-state index is 0.162. The number of hydrogen-bond acceptors (Lipinski definition) is 3. The van der Waals surface area contributed by atoms with E-state index in [1.54, 1.807) is 11.3 Å². The van der Waals surface area contributed by atoms with Crippen molar-refractivity contribution in [3.8, 4) is 0 Å². The maximum Gasteiger partial charge on any atom is 0.307 e. The van der Waals surface area contributed by atoms with E-state index in [0.717, 1.165) is 10.4 Å². The molecule has 1 aromatic heterocycles. The van der Waals surface area contributed by atoms with E-state index in [0.29, 0.717) is 19.4 Å². The van der Waals surface area contributed by atoms with Crippen LogP contribution in [-0.2, 0) is 16.1 Å². The molecule has 0 saturated carbocycles. The lowest BCUT2D eigenvalue weighted by Gasteiger charge is -2.24. The number of aryl methyl sites for hydroxylation is 1. The van der Waals surface area contributed by atoms with E-state index in [2.05, 4.69) is 5.32 Å². The Kier molecular flexibility index (Phi) is 4.37. The summed E-state index contributed by atoms with van der Waals surface area (Å²) >= 11 is 1.60. The van der Waals surface area contributed by atoms with E-state index in [-0.39, 0.29) is 5.91 Å². The van der Waals surface area contributed by atoms with Gasteiger partial charge < -0.3 is 10.4 Å². The summed E-state index contributed by atoms with van der Waals surface area (Å²) in [5.74, 6) is -2.11. The molecular formula is C14H17NO3S. The first-order valence-electron chi connectivity index (χ1n) is 6.28. The van der Waals surface area contributed by atoms with Gasteiger partial charge in [0.25, 0.3) is 0 Å². The van der Waals surface area contributed by atoms with Crippen LogP contribution in [0.5, 0.6) is 0 Å².